The van der Waals surface area contributed by atoms with Gasteiger partial charge in [0.1, 0.15) is 0 Å². The highest BCUT2D eigenvalue weighted by atomic mass is 15.1. The van der Waals surface area contributed by atoms with Gasteiger partial charge in [-0.1, -0.05) is 129 Å². The van der Waals surface area contributed by atoms with Crippen LogP contribution >= 0.6 is 0 Å². The third-order valence-electron chi connectivity index (χ3n) is 9.25. The molecule has 0 saturated heterocycles. The Hall–Kier alpha value is -5.40. The van der Waals surface area contributed by atoms with Crippen LogP contribution in [-0.4, -0.2) is 0 Å². The lowest BCUT2D eigenvalue weighted by atomic mass is 9.81. The summed E-state index contributed by atoms with van der Waals surface area (Å²) in [6.45, 7) is 4.74. The second kappa shape index (κ2) is 10.4. The molecule has 1 aliphatic rings. The summed E-state index contributed by atoms with van der Waals surface area (Å²) in [4.78, 5) is 2.35. The molecule has 0 atom stereocenters. The fraction of sp³-hybridized carbons (Fsp3) is 0.0698. The molecule has 1 aliphatic carbocycles. The second-order valence-corrected chi connectivity index (χ2v) is 12.2. The Kier molecular flexibility index (Phi) is 6.20. The van der Waals surface area contributed by atoms with E-state index in [2.05, 4.69) is 183 Å². The summed E-state index contributed by atoms with van der Waals surface area (Å²) < 4.78 is 0. The molecule has 0 fully saturated rings. The SMILES string of the molecule is CC1(C)c2cc(-c3ccc4c(-c5ccccc5)cccc4c3)ccc2-c2ccc(N(c3ccccc3)c3ccccc3)cc21. The quantitative estimate of drug-likeness (QED) is 0.201. The normalized spacial score (nSPS) is 13.0. The van der Waals surface area contributed by atoms with E-state index in [0.29, 0.717) is 0 Å². The monoisotopic (exact) mass is 563 g/mol. The largest absolute Gasteiger partial charge is 0.310 e. The molecule has 8 rings (SSSR count). The summed E-state index contributed by atoms with van der Waals surface area (Å²) in [6, 6.07) is 59.5. The number of benzene rings is 7. The summed E-state index contributed by atoms with van der Waals surface area (Å²) in [5, 5.41) is 2.55. The fourth-order valence-corrected chi connectivity index (χ4v) is 6.98. The molecule has 0 bridgehead atoms. The summed E-state index contributed by atoms with van der Waals surface area (Å²) in [5.41, 5.74) is 13.8. The molecule has 0 heterocycles. The number of para-hydroxylation sites is 2. The highest BCUT2D eigenvalue weighted by molar-refractivity contribution is 5.99. The molecule has 0 saturated carbocycles. The molecule has 0 spiro atoms. The van der Waals surface area contributed by atoms with Gasteiger partial charge in [-0.25, -0.2) is 0 Å². The van der Waals surface area contributed by atoms with Crippen molar-refractivity contribution in [3.63, 3.8) is 0 Å². The zero-order valence-corrected chi connectivity index (χ0v) is 25.0. The molecule has 0 N–H and O–H groups in total. The topological polar surface area (TPSA) is 3.24 Å². The van der Waals surface area contributed by atoms with Crippen LogP contribution in [0.5, 0.6) is 0 Å². The highest BCUT2D eigenvalue weighted by Gasteiger charge is 2.36. The van der Waals surface area contributed by atoms with E-state index in [1.807, 2.05) is 0 Å². The molecule has 0 aliphatic heterocycles. The lowest BCUT2D eigenvalue weighted by Gasteiger charge is -2.28. The summed E-state index contributed by atoms with van der Waals surface area (Å²) in [7, 11) is 0. The van der Waals surface area contributed by atoms with Gasteiger partial charge in [-0.05, 0) is 104 Å². The Morgan fingerprint density at radius 3 is 1.64 bits per heavy atom. The molecule has 0 amide bonds. The molecular weight excluding hydrogens is 530 g/mol. The first-order chi connectivity index (χ1) is 21.6. The minimum absolute atomic E-state index is 0.132. The van der Waals surface area contributed by atoms with Crippen LogP contribution in [0.1, 0.15) is 25.0 Å². The predicted molar refractivity (Wildman–Crippen MR) is 187 cm³/mol. The van der Waals surface area contributed by atoms with Gasteiger partial charge in [0.15, 0.2) is 0 Å². The third kappa shape index (κ3) is 4.32. The molecule has 210 valence electrons. The molecule has 1 nitrogen and oxygen atoms in total. The molecule has 0 aromatic heterocycles. The summed E-state index contributed by atoms with van der Waals surface area (Å²) in [6.07, 6.45) is 0. The van der Waals surface area contributed by atoms with Crippen molar-refractivity contribution in [3.8, 4) is 33.4 Å². The first-order valence-corrected chi connectivity index (χ1v) is 15.4. The maximum Gasteiger partial charge on any atom is 0.0465 e. The van der Waals surface area contributed by atoms with E-state index >= 15 is 0 Å². The molecule has 7 aromatic rings. The fourth-order valence-electron chi connectivity index (χ4n) is 6.98. The van der Waals surface area contributed by atoms with E-state index in [9.17, 15) is 0 Å². The Bertz CT molecular complexity index is 2090. The van der Waals surface area contributed by atoms with Crippen LogP contribution in [0.2, 0.25) is 0 Å². The van der Waals surface area contributed by atoms with Crippen LogP contribution < -0.4 is 4.90 Å². The van der Waals surface area contributed by atoms with E-state index in [1.165, 1.54) is 61.0 Å². The Labute approximate surface area is 259 Å². The number of hydrogen-bond donors (Lipinski definition) is 0. The van der Waals surface area contributed by atoms with E-state index < -0.39 is 0 Å². The zero-order valence-electron chi connectivity index (χ0n) is 25.0. The van der Waals surface area contributed by atoms with Gasteiger partial charge in [-0.2, -0.15) is 0 Å². The van der Waals surface area contributed by atoms with Crippen LogP contribution in [-0.2, 0) is 5.41 Å². The van der Waals surface area contributed by atoms with Gasteiger partial charge >= 0.3 is 0 Å². The van der Waals surface area contributed by atoms with Gasteiger partial charge in [0.2, 0.25) is 0 Å². The minimum atomic E-state index is -0.132. The van der Waals surface area contributed by atoms with E-state index in [-0.39, 0.29) is 5.41 Å². The van der Waals surface area contributed by atoms with Crippen molar-refractivity contribution in [3.05, 3.63) is 175 Å². The highest BCUT2D eigenvalue weighted by Crippen LogP contribution is 2.51. The standard InChI is InChI=1S/C43H33N/c1-43(2)41-28-32(31-21-24-38-33(27-31)15-12-20-37(38)30-13-6-3-7-14-30)22-25-39(41)40-26-23-36(29-42(40)43)44(34-16-8-4-9-17-34)35-18-10-5-11-19-35/h3-29H,1-2H3. The maximum absolute atomic E-state index is 2.42. The van der Waals surface area contributed by atoms with Crippen molar-refractivity contribution in [2.24, 2.45) is 0 Å². The van der Waals surface area contributed by atoms with Crippen LogP contribution in [0, 0.1) is 0 Å². The third-order valence-corrected chi connectivity index (χ3v) is 9.25. The Morgan fingerprint density at radius 2 is 0.955 bits per heavy atom. The first-order valence-electron chi connectivity index (χ1n) is 15.4. The molecule has 44 heavy (non-hydrogen) atoms. The van der Waals surface area contributed by atoms with E-state index in [4.69, 9.17) is 0 Å². The van der Waals surface area contributed by atoms with Gasteiger partial charge in [0, 0.05) is 22.5 Å². The molecule has 1 heteroatoms. The second-order valence-electron chi connectivity index (χ2n) is 12.2. The van der Waals surface area contributed by atoms with Crippen molar-refractivity contribution >= 4 is 27.8 Å². The molecular formula is C43H33N. The molecule has 7 aromatic carbocycles. The van der Waals surface area contributed by atoms with Crippen LogP contribution in [0.25, 0.3) is 44.2 Å². The van der Waals surface area contributed by atoms with Gasteiger partial charge in [0.25, 0.3) is 0 Å². The predicted octanol–water partition coefficient (Wildman–Crippen LogP) is 11.9. The lowest BCUT2D eigenvalue weighted by molar-refractivity contribution is 0.660. The van der Waals surface area contributed by atoms with Crippen molar-refractivity contribution in [2.45, 2.75) is 19.3 Å². The molecule has 0 unspecified atom stereocenters. The molecule has 0 radical (unpaired) electrons. The van der Waals surface area contributed by atoms with Crippen LogP contribution in [0.4, 0.5) is 17.1 Å². The smallest absolute Gasteiger partial charge is 0.0465 e. The average molecular weight is 564 g/mol. The summed E-state index contributed by atoms with van der Waals surface area (Å²) in [5.74, 6) is 0. The van der Waals surface area contributed by atoms with Crippen molar-refractivity contribution in [2.75, 3.05) is 4.90 Å². The lowest BCUT2D eigenvalue weighted by Crippen LogP contribution is -2.16. The van der Waals surface area contributed by atoms with Crippen LogP contribution in [0.15, 0.2) is 164 Å². The van der Waals surface area contributed by atoms with Crippen LogP contribution in [0.3, 0.4) is 0 Å². The Morgan fingerprint density at radius 1 is 0.386 bits per heavy atom. The zero-order chi connectivity index (χ0) is 29.7. The summed E-state index contributed by atoms with van der Waals surface area (Å²) >= 11 is 0. The average Bonchev–Trinajstić information content (AvgIpc) is 3.31. The van der Waals surface area contributed by atoms with Gasteiger partial charge < -0.3 is 4.90 Å². The van der Waals surface area contributed by atoms with E-state index in [0.717, 1.165) is 11.4 Å². The minimum Gasteiger partial charge on any atom is -0.310 e. The van der Waals surface area contributed by atoms with Crippen molar-refractivity contribution in [1.29, 1.82) is 0 Å². The number of rotatable bonds is 5. The Balaban J connectivity index is 1.19. The van der Waals surface area contributed by atoms with Gasteiger partial charge in [0.05, 0.1) is 0 Å². The van der Waals surface area contributed by atoms with Gasteiger partial charge in [-0.15, -0.1) is 0 Å². The first kappa shape index (κ1) is 26.2. The van der Waals surface area contributed by atoms with Crippen molar-refractivity contribution in [1.82, 2.24) is 0 Å². The number of hydrogen-bond acceptors (Lipinski definition) is 1. The number of nitrogens with zero attached hydrogens (tertiary/aromatic N) is 1. The van der Waals surface area contributed by atoms with Gasteiger partial charge in [-0.3, -0.25) is 0 Å². The number of fused-ring (bicyclic) bond motifs is 4. The van der Waals surface area contributed by atoms with Crippen molar-refractivity contribution < 1.29 is 0 Å². The van der Waals surface area contributed by atoms with E-state index in [1.54, 1.807) is 0 Å². The maximum atomic E-state index is 2.42. The number of anilines is 3.